The Balaban J connectivity index is 0.742. The van der Waals surface area contributed by atoms with Crippen molar-refractivity contribution in [2.45, 2.75) is 78.1 Å². The van der Waals surface area contributed by atoms with E-state index >= 15 is 0 Å². The van der Waals surface area contributed by atoms with Gasteiger partial charge >= 0.3 is 0 Å². The van der Waals surface area contributed by atoms with E-state index in [1.54, 1.807) is 27.8 Å². The van der Waals surface area contributed by atoms with Crippen molar-refractivity contribution < 1.29 is 23.9 Å². The quantitative estimate of drug-likeness (QED) is 0.224. The van der Waals surface area contributed by atoms with Crippen molar-refractivity contribution in [3.63, 3.8) is 0 Å². The number of aromatic nitrogens is 1. The summed E-state index contributed by atoms with van der Waals surface area (Å²) in [6.07, 6.45) is 4.16. The van der Waals surface area contributed by atoms with Gasteiger partial charge in [0.15, 0.2) is 5.43 Å². The van der Waals surface area contributed by atoms with Crippen molar-refractivity contribution >= 4 is 45.9 Å². The minimum absolute atomic E-state index is 0.134. The Morgan fingerprint density at radius 3 is 2.22 bits per heavy atom. The summed E-state index contributed by atoms with van der Waals surface area (Å²) in [5.74, 6) is 0.106. The molecule has 5 aliphatic rings. The van der Waals surface area contributed by atoms with Gasteiger partial charge in [0.05, 0.1) is 16.5 Å². The molecule has 3 aromatic carbocycles. The molecule has 14 nitrogen and oxygen atoms in total. The van der Waals surface area contributed by atoms with Gasteiger partial charge < -0.3 is 29.3 Å². The number of nitrogens with one attached hydrogen (secondary N) is 2. The number of anilines is 2. The standard InChI is InChI=1S/C49H56N8O6/c1-48(2)46(49(3,4)47(48)63-39-14-8-32(27-50)42-41(39)38(58)18-19-53(42)5)52-43(60)31-6-9-34(10-7-31)55-20-16-30(17-21-55)28-54-22-24-56(25-23-54)35-11-12-36-33(26-35)29-57(45(36)62)37-13-15-40(59)51-44(37)61/h6-12,14,18-19,26,30,37,46-47H,13,15-17,20-25,28-29H2,1-5H3,(H,52,60)(H,51,59,61)/t37-,46?,47?/m0/s1. The third-order valence-electron chi connectivity index (χ3n) is 14.5. The molecule has 4 amide bonds. The summed E-state index contributed by atoms with van der Waals surface area (Å²) in [7, 11) is 1.81. The lowest BCUT2D eigenvalue weighted by molar-refractivity contribution is -0.163. The third kappa shape index (κ3) is 7.60. The number of hydrogen-bond donors (Lipinski definition) is 2. The molecule has 0 radical (unpaired) electrons. The van der Waals surface area contributed by atoms with Gasteiger partial charge in [0.25, 0.3) is 11.8 Å². The average molecular weight is 853 g/mol. The molecular weight excluding hydrogens is 797 g/mol. The van der Waals surface area contributed by atoms with Crippen LogP contribution in [0.25, 0.3) is 10.9 Å². The summed E-state index contributed by atoms with van der Waals surface area (Å²) in [5.41, 5.74) is 4.24. The fraction of sp³-hybridized carbons (Fsp3) is 0.469. The number of hydrogen-bond acceptors (Lipinski definition) is 10. The molecule has 1 aromatic heterocycles. The second kappa shape index (κ2) is 16.2. The zero-order valence-electron chi connectivity index (χ0n) is 36.8. The molecule has 9 rings (SSSR count). The molecule has 4 fully saturated rings. The van der Waals surface area contributed by atoms with Crippen molar-refractivity contribution in [3.05, 3.63) is 99.3 Å². The second-order valence-corrected chi connectivity index (χ2v) is 19.3. The first kappa shape index (κ1) is 42.1. The molecule has 0 unspecified atom stereocenters. The maximum Gasteiger partial charge on any atom is 0.255 e. The molecule has 2 N–H and O–H groups in total. The van der Waals surface area contributed by atoms with Gasteiger partial charge in [0.1, 0.15) is 24.0 Å². The first-order valence-corrected chi connectivity index (χ1v) is 22.2. The van der Waals surface area contributed by atoms with Gasteiger partial charge in [-0.3, -0.25) is 34.2 Å². The zero-order valence-corrected chi connectivity index (χ0v) is 36.8. The summed E-state index contributed by atoms with van der Waals surface area (Å²) in [6, 6.07) is 20.2. The molecular formula is C49H56N8O6. The minimum Gasteiger partial charge on any atom is -0.488 e. The molecule has 5 heterocycles. The van der Waals surface area contributed by atoms with Crippen LogP contribution in [0.5, 0.6) is 5.75 Å². The van der Waals surface area contributed by atoms with Crippen molar-refractivity contribution in [2.75, 3.05) is 55.6 Å². The van der Waals surface area contributed by atoms with E-state index in [-0.39, 0.29) is 47.6 Å². The lowest BCUT2D eigenvalue weighted by Crippen LogP contribution is -2.74. The predicted octanol–water partition coefficient (Wildman–Crippen LogP) is 4.82. The van der Waals surface area contributed by atoms with Crippen LogP contribution < -0.4 is 30.6 Å². The van der Waals surface area contributed by atoms with Gasteiger partial charge in [-0.25, -0.2) is 0 Å². The van der Waals surface area contributed by atoms with Crippen LogP contribution in [0, 0.1) is 28.1 Å². The molecule has 1 saturated carbocycles. The number of amides is 4. The van der Waals surface area contributed by atoms with E-state index in [1.165, 1.54) is 6.07 Å². The number of ether oxygens (including phenoxy) is 1. The number of piperazine rings is 1. The zero-order chi connectivity index (χ0) is 44.4. The normalized spacial score (nSPS) is 23.5. The number of carbonyl (C=O) groups is 4. The molecule has 0 bridgehead atoms. The van der Waals surface area contributed by atoms with Crippen molar-refractivity contribution in [3.8, 4) is 11.8 Å². The highest BCUT2D eigenvalue weighted by Crippen LogP contribution is 2.56. The maximum atomic E-state index is 13.7. The molecule has 63 heavy (non-hydrogen) atoms. The van der Waals surface area contributed by atoms with Gasteiger partial charge in [0.2, 0.25) is 11.8 Å². The Labute approximate surface area is 367 Å². The van der Waals surface area contributed by atoms with Crippen LogP contribution in [0.1, 0.15) is 85.2 Å². The van der Waals surface area contributed by atoms with Crippen molar-refractivity contribution in [1.82, 2.24) is 25.0 Å². The van der Waals surface area contributed by atoms with E-state index in [1.807, 2.05) is 31.3 Å². The summed E-state index contributed by atoms with van der Waals surface area (Å²) < 4.78 is 8.40. The summed E-state index contributed by atoms with van der Waals surface area (Å²) in [4.78, 5) is 73.0. The maximum absolute atomic E-state index is 13.7. The van der Waals surface area contributed by atoms with Crippen LogP contribution in [0.2, 0.25) is 0 Å². The lowest BCUT2D eigenvalue weighted by Gasteiger charge is -2.63. The van der Waals surface area contributed by atoms with E-state index in [0.29, 0.717) is 52.2 Å². The molecule has 0 spiro atoms. The number of aryl methyl sites for hydroxylation is 1. The smallest absolute Gasteiger partial charge is 0.255 e. The first-order valence-electron chi connectivity index (χ1n) is 22.2. The topological polar surface area (TPSA) is 160 Å². The predicted molar refractivity (Wildman–Crippen MR) is 240 cm³/mol. The molecule has 1 aliphatic carbocycles. The molecule has 14 heteroatoms. The van der Waals surface area contributed by atoms with E-state index in [4.69, 9.17) is 4.74 Å². The number of imide groups is 1. The average Bonchev–Trinajstić information content (AvgIpc) is 3.60. The van der Waals surface area contributed by atoms with Crippen LogP contribution in [-0.2, 0) is 23.2 Å². The number of pyridine rings is 1. The highest BCUT2D eigenvalue weighted by atomic mass is 16.5. The molecule has 3 saturated heterocycles. The molecule has 1 atom stereocenters. The summed E-state index contributed by atoms with van der Waals surface area (Å²) >= 11 is 0. The fourth-order valence-corrected chi connectivity index (χ4v) is 11.4. The highest BCUT2D eigenvalue weighted by molar-refractivity contribution is 6.05. The monoisotopic (exact) mass is 852 g/mol. The number of fused-ring (bicyclic) bond motifs is 2. The lowest BCUT2D eigenvalue weighted by atomic mass is 9.49. The minimum atomic E-state index is -0.609. The van der Waals surface area contributed by atoms with Gasteiger partial charge in [-0.15, -0.1) is 0 Å². The fourth-order valence-electron chi connectivity index (χ4n) is 11.4. The van der Waals surface area contributed by atoms with Crippen LogP contribution in [0.3, 0.4) is 0 Å². The Kier molecular flexibility index (Phi) is 10.8. The largest absolute Gasteiger partial charge is 0.488 e. The summed E-state index contributed by atoms with van der Waals surface area (Å²) in [6.45, 7) is 15.4. The van der Waals surface area contributed by atoms with Gasteiger partial charge in [-0.05, 0) is 85.3 Å². The van der Waals surface area contributed by atoms with Crippen LogP contribution in [-0.4, -0.2) is 102 Å². The van der Waals surface area contributed by atoms with Crippen molar-refractivity contribution in [1.29, 1.82) is 5.26 Å². The van der Waals surface area contributed by atoms with Gasteiger partial charge in [-0.2, -0.15) is 5.26 Å². The number of nitrogens with zero attached hydrogens (tertiary/aromatic N) is 6. The molecule has 4 aromatic rings. The van der Waals surface area contributed by atoms with Crippen LogP contribution in [0.15, 0.2) is 71.7 Å². The van der Waals surface area contributed by atoms with E-state index in [0.717, 1.165) is 75.6 Å². The number of benzene rings is 3. The Morgan fingerprint density at radius 2 is 1.54 bits per heavy atom. The third-order valence-corrected chi connectivity index (χ3v) is 14.5. The molecule has 328 valence electrons. The van der Waals surface area contributed by atoms with E-state index in [2.05, 4.69) is 77.3 Å². The second-order valence-electron chi connectivity index (χ2n) is 19.3. The first-order chi connectivity index (χ1) is 30.1. The summed E-state index contributed by atoms with van der Waals surface area (Å²) in [5, 5.41) is 15.8. The molecule has 4 aliphatic heterocycles. The number of carbonyl (C=O) groups excluding carboxylic acids is 4. The van der Waals surface area contributed by atoms with E-state index in [9.17, 15) is 29.2 Å². The number of piperidine rings is 2. The van der Waals surface area contributed by atoms with Crippen LogP contribution in [0.4, 0.5) is 11.4 Å². The Hall–Kier alpha value is -6.20. The number of nitriles is 1. The van der Waals surface area contributed by atoms with E-state index < -0.39 is 16.9 Å². The Bertz CT molecular complexity index is 2580. The Morgan fingerprint density at radius 1 is 0.857 bits per heavy atom. The SMILES string of the molecule is Cn1ccc(=O)c2c(OC3C(C)(C)C(NC(=O)c4ccc(N5CCC(CN6CCN(c7ccc8c(c7)CN([C@H]7CCC(=O)NC7=O)C8=O)CC6)CC5)cc4)C3(C)C)ccc(C#N)c21. The van der Waals surface area contributed by atoms with Crippen molar-refractivity contribution in [2.24, 2.45) is 23.8 Å². The highest BCUT2D eigenvalue weighted by Gasteiger charge is 2.64. The number of rotatable bonds is 9. The van der Waals surface area contributed by atoms with Gasteiger partial charge in [-0.1, -0.05) is 27.7 Å². The van der Waals surface area contributed by atoms with Gasteiger partial charge in [0, 0.05) is 117 Å². The van der Waals surface area contributed by atoms with Crippen LogP contribution >= 0.6 is 0 Å².